The second kappa shape index (κ2) is 13.0. The van der Waals surface area contributed by atoms with Gasteiger partial charge < -0.3 is 15.4 Å². The van der Waals surface area contributed by atoms with E-state index in [4.69, 9.17) is 19.5 Å². The molecule has 4 fully saturated rings. The highest BCUT2D eigenvalue weighted by Crippen LogP contribution is 2.68. The number of phosphoric acid groups is 1. The van der Waals surface area contributed by atoms with Crippen LogP contribution in [0.3, 0.4) is 0 Å². The van der Waals surface area contributed by atoms with Crippen LogP contribution in [0.4, 0.5) is 5.82 Å². The number of imidazole rings is 1. The standard InChI is InChI=1S/C37H58N5O5P/c1-22(2)8-7-9-23(3)28-12-13-29-27-11-10-25-18-26(14-16-36(25,5)30(27)15-17-37(28,29)6)46-48(43,44)47-31-19-32(45-24(31)4)42-21-41-33-34(38)39-20-40-35(33)42/h10,20-24,26-32H,7-9,11-19H2,1-6H3,(H,43,44)(H2,38,39,40)/t23-,24-,26?,27?,28-,29?,30?,31+,32-,36+,37-/m1/s1. The van der Waals surface area contributed by atoms with Crippen LogP contribution in [0, 0.1) is 46.3 Å². The fraction of sp³-hybridized carbons (Fsp3) is 0.811. The van der Waals surface area contributed by atoms with Crippen LogP contribution in [-0.2, 0) is 18.3 Å². The summed E-state index contributed by atoms with van der Waals surface area (Å²) in [5.41, 5.74) is 9.06. The third-order valence-electron chi connectivity index (χ3n) is 13.8. The summed E-state index contributed by atoms with van der Waals surface area (Å²) in [4.78, 5) is 23.6. The van der Waals surface area contributed by atoms with E-state index in [1.54, 1.807) is 10.9 Å². The van der Waals surface area contributed by atoms with Crippen molar-refractivity contribution in [2.24, 2.45) is 46.3 Å². The molecule has 7 rings (SSSR count). The molecule has 3 heterocycles. The van der Waals surface area contributed by atoms with E-state index in [2.05, 4.69) is 55.6 Å². The number of phosphoric ester groups is 1. The first-order chi connectivity index (χ1) is 22.8. The van der Waals surface area contributed by atoms with Crippen molar-refractivity contribution < 1.29 is 23.2 Å². The van der Waals surface area contributed by atoms with Crippen LogP contribution >= 0.6 is 7.82 Å². The van der Waals surface area contributed by atoms with E-state index < -0.39 is 26.3 Å². The molecule has 1 saturated heterocycles. The predicted molar refractivity (Wildman–Crippen MR) is 187 cm³/mol. The van der Waals surface area contributed by atoms with Crippen molar-refractivity contribution in [3.05, 3.63) is 24.3 Å². The van der Waals surface area contributed by atoms with Gasteiger partial charge in [0, 0.05) is 6.42 Å². The topological polar surface area (TPSA) is 135 Å². The van der Waals surface area contributed by atoms with E-state index in [-0.39, 0.29) is 11.5 Å². The zero-order valence-electron chi connectivity index (χ0n) is 29.9. The van der Waals surface area contributed by atoms with Crippen molar-refractivity contribution >= 4 is 24.8 Å². The van der Waals surface area contributed by atoms with Crippen LogP contribution in [0.2, 0.25) is 0 Å². The third-order valence-corrected chi connectivity index (χ3v) is 14.9. The fourth-order valence-electron chi connectivity index (χ4n) is 11.3. The summed E-state index contributed by atoms with van der Waals surface area (Å²) in [6.07, 6.45) is 17.2. The highest BCUT2D eigenvalue weighted by Gasteiger charge is 2.59. The lowest BCUT2D eigenvalue weighted by molar-refractivity contribution is -0.0583. The summed E-state index contributed by atoms with van der Waals surface area (Å²) in [5.74, 6) is 5.02. The number of ether oxygens (including phenoxy) is 1. The van der Waals surface area contributed by atoms with E-state index in [0.29, 0.717) is 41.2 Å². The van der Waals surface area contributed by atoms with Gasteiger partial charge in [0.2, 0.25) is 0 Å². The van der Waals surface area contributed by atoms with Gasteiger partial charge in [-0.15, -0.1) is 0 Å². The number of allylic oxidation sites excluding steroid dienone is 1. The zero-order valence-corrected chi connectivity index (χ0v) is 30.8. The SMILES string of the molecule is CC(C)CCC[C@@H](C)[C@H]1CCC2C3CC=C4CC(OP(=O)(O)O[C@H]5C[C@H](n6cnc7c(N)ncnc76)O[C@@H]5C)CC[C@]4(C)C3CC[C@@]21C. The molecule has 0 bridgehead atoms. The predicted octanol–water partition coefficient (Wildman–Crippen LogP) is 8.63. The van der Waals surface area contributed by atoms with Gasteiger partial charge >= 0.3 is 7.82 Å². The average molecular weight is 684 g/mol. The summed E-state index contributed by atoms with van der Waals surface area (Å²) in [6, 6.07) is 0. The van der Waals surface area contributed by atoms with Gasteiger partial charge in [0.15, 0.2) is 11.5 Å². The van der Waals surface area contributed by atoms with E-state index in [1.807, 2.05) is 6.92 Å². The molecule has 0 radical (unpaired) electrons. The first-order valence-electron chi connectivity index (χ1n) is 18.8. The molecular formula is C37H58N5O5P. The number of hydrogen-bond acceptors (Lipinski definition) is 8. The lowest BCUT2D eigenvalue weighted by Crippen LogP contribution is -2.51. The Labute approximate surface area is 286 Å². The van der Waals surface area contributed by atoms with Crippen molar-refractivity contribution in [2.45, 2.75) is 143 Å². The quantitative estimate of drug-likeness (QED) is 0.186. The van der Waals surface area contributed by atoms with E-state index in [1.165, 1.54) is 56.8 Å². The number of fused-ring (bicyclic) bond motifs is 6. The molecule has 0 spiro atoms. The summed E-state index contributed by atoms with van der Waals surface area (Å²) in [7, 11) is -4.34. The lowest BCUT2D eigenvalue weighted by Gasteiger charge is -2.58. The maximum absolute atomic E-state index is 13.4. The van der Waals surface area contributed by atoms with Gasteiger partial charge in [-0.2, -0.15) is 0 Å². The molecule has 0 aromatic carbocycles. The molecule has 0 amide bonds. The minimum Gasteiger partial charge on any atom is -0.382 e. The minimum absolute atomic E-state index is 0.146. The number of rotatable bonds is 10. The monoisotopic (exact) mass is 683 g/mol. The zero-order chi connectivity index (χ0) is 34.0. The minimum atomic E-state index is -4.34. The van der Waals surface area contributed by atoms with Crippen molar-refractivity contribution in [1.29, 1.82) is 0 Å². The molecule has 10 nitrogen and oxygen atoms in total. The van der Waals surface area contributed by atoms with Gasteiger partial charge in [0.1, 0.15) is 18.1 Å². The molecule has 2 aromatic rings. The van der Waals surface area contributed by atoms with Crippen molar-refractivity contribution in [2.75, 3.05) is 5.73 Å². The Morgan fingerprint density at radius 2 is 1.90 bits per heavy atom. The number of hydrogen-bond donors (Lipinski definition) is 2. The molecule has 5 unspecified atom stereocenters. The maximum atomic E-state index is 13.4. The maximum Gasteiger partial charge on any atom is 0.472 e. The Balaban J connectivity index is 0.972. The van der Waals surface area contributed by atoms with Gasteiger partial charge in [0.25, 0.3) is 0 Å². The molecule has 4 aliphatic carbocycles. The molecule has 1 aliphatic heterocycles. The van der Waals surface area contributed by atoms with Gasteiger partial charge in [0.05, 0.1) is 24.6 Å². The highest BCUT2D eigenvalue weighted by atomic mass is 31.2. The van der Waals surface area contributed by atoms with Crippen LogP contribution in [-0.4, -0.2) is 42.7 Å². The van der Waals surface area contributed by atoms with Gasteiger partial charge in [-0.1, -0.05) is 65.5 Å². The van der Waals surface area contributed by atoms with Crippen LogP contribution < -0.4 is 5.73 Å². The largest absolute Gasteiger partial charge is 0.472 e. The number of nitrogen functional groups attached to an aromatic ring is 1. The van der Waals surface area contributed by atoms with Crippen molar-refractivity contribution in [1.82, 2.24) is 19.5 Å². The summed E-state index contributed by atoms with van der Waals surface area (Å²) in [6.45, 7) is 14.2. The third kappa shape index (κ3) is 6.20. The number of anilines is 1. The second-order valence-electron chi connectivity index (χ2n) is 17.0. The molecule has 2 aromatic heterocycles. The van der Waals surface area contributed by atoms with E-state index >= 15 is 0 Å². The summed E-state index contributed by atoms with van der Waals surface area (Å²) < 4.78 is 33.1. The lowest BCUT2D eigenvalue weighted by atomic mass is 9.47. The number of nitrogens with two attached hydrogens (primary N) is 1. The van der Waals surface area contributed by atoms with E-state index in [9.17, 15) is 9.46 Å². The Bertz CT molecular complexity index is 1560. The Morgan fingerprint density at radius 1 is 1.08 bits per heavy atom. The Morgan fingerprint density at radius 3 is 2.69 bits per heavy atom. The molecule has 48 heavy (non-hydrogen) atoms. The molecule has 5 aliphatic rings. The molecule has 11 heteroatoms. The van der Waals surface area contributed by atoms with Gasteiger partial charge in [-0.3, -0.25) is 13.6 Å². The van der Waals surface area contributed by atoms with Crippen LogP contribution in [0.25, 0.3) is 11.2 Å². The number of nitrogens with zero attached hydrogens (tertiary/aromatic N) is 4. The first-order valence-corrected chi connectivity index (χ1v) is 20.3. The molecular weight excluding hydrogens is 625 g/mol. The fourth-order valence-corrected chi connectivity index (χ4v) is 12.5. The van der Waals surface area contributed by atoms with E-state index in [0.717, 1.165) is 48.9 Å². The second-order valence-corrected chi connectivity index (χ2v) is 18.3. The molecule has 3 N–H and O–H groups in total. The smallest absolute Gasteiger partial charge is 0.382 e. The normalized spacial score (nSPS) is 39.9. The summed E-state index contributed by atoms with van der Waals surface area (Å²) >= 11 is 0. The van der Waals surface area contributed by atoms with Gasteiger partial charge in [-0.05, 0) is 105 Å². The van der Waals surface area contributed by atoms with Crippen LogP contribution in [0.15, 0.2) is 24.3 Å². The molecule has 12 atom stereocenters. The molecule has 266 valence electrons. The number of aromatic nitrogens is 4. The van der Waals surface area contributed by atoms with Crippen molar-refractivity contribution in [3.8, 4) is 0 Å². The average Bonchev–Trinajstić information content (AvgIpc) is 3.72. The Hall–Kier alpha value is -1.84. The first kappa shape index (κ1) is 34.6. The highest BCUT2D eigenvalue weighted by molar-refractivity contribution is 7.47. The van der Waals surface area contributed by atoms with Crippen LogP contribution in [0.5, 0.6) is 0 Å². The van der Waals surface area contributed by atoms with Gasteiger partial charge in [-0.25, -0.2) is 19.5 Å². The Kier molecular flexibility index (Phi) is 9.40. The van der Waals surface area contributed by atoms with Crippen LogP contribution in [0.1, 0.15) is 125 Å². The molecule has 3 saturated carbocycles. The van der Waals surface area contributed by atoms with Crippen molar-refractivity contribution in [3.63, 3.8) is 0 Å². The summed E-state index contributed by atoms with van der Waals surface area (Å²) in [5, 5.41) is 0.